The molecule has 146 valence electrons. The second kappa shape index (κ2) is 6.78. The summed E-state index contributed by atoms with van der Waals surface area (Å²) in [6, 6.07) is 16.5. The number of phenolic OH excluding ortho intramolecular Hbond substituents is 2. The summed E-state index contributed by atoms with van der Waals surface area (Å²) in [6.45, 7) is 3.64. The average molecular weight is 387 g/mol. The predicted octanol–water partition coefficient (Wildman–Crippen LogP) is 4.70. The molecule has 0 saturated carbocycles. The molecule has 5 rings (SSSR count). The number of benzene rings is 3. The largest absolute Gasteiger partial charge is 0.508 e. The monoisotopic (exact) mass is 387 g/mol. The third-order valence-corrected chi connectivity index (χ3v) is 5.42. The molecule has 0 radical (unpaired) electrons. The Morgan fingerprint density at radius 3 is 2.52 bits per heavy atom. The molecule has 0 aliphatic carbocycles. The molecule has 2 aliphatic heterocycles. The van der Waals surface area contributed by atoms with E-state index in [-0.39, 0.29) is 11.5 Å². The second-order valence-electron chi connectivity index (χ2n) is 7.40. The van der Waals surface area contributed by atoms with E-state index in [0.29, 0.717) is 19.9 Å². The van der Waals surface area contributed by atoms with Crippen molar-refractivity contribution in [3.8, 4) is 23.0 Å². The molecule has 0 atom stereocenters. The van der Waals surface area contributed by atoms with Crippen LogP contribution in [0.25, 0.3) is 11.6 Å². The van der Waals surface area contributed by atoms with Crippen molar-refractivity contribution >= 4 is 17.3 Å². The fraction of sp³-hybridized carbons (Fsp3) is 0.167. The Morgan fingerprint density at radius 2 is 1.72 bits per heavy atom. The molecule has 0 fully saturated rings. The number of phenols is 2. The SMILES string of the molecule is Cc1c2c(cc3c1OCN(c1ccc(O)cc1)C3)C=C(c1cccc(O)c1)CO2. The molecule has 3 aromatic rings. The van der Waals surface area contributed by atoms with E-state index in [1.54, 1.807) is 24.3 Å². The maximum Gasteiger partial charge on any atom is 0.161 e. The molecule has 0 aromatic heterocycles. The van der Waals surface area contributed by atoms with Crippen LogP contribution in [0.3, 0.4) is 0 Å². The van der Waals surface area contributed by atoms with Gasteiger partial charge in [0.1, 0.15) is 29.6 Å². The highest BCUT2D eigenvalue weighted by Crippen LogP contribution is 2.42. The molecule has 2 heterocycles. The summed E-state index contributed by atoms with van der Waals surface area (Å²) in [5.41, 5.74) is 6.09. The van der Waals surface area contributed by atoms with Crippen molar-refractivity contribution in [3.05, 3.63) is 76.9 Å². The zero-order chi connectivity index (χ0) is 20.0. The molecular weight excluding hydrogens is 366 g/mol. The lowest BCUT2D eigenvalue weighted by Gasteiger charge is -2.33. The highest BCUT2D eigenvalue weighted by atomic mass is 16.5. The number of fused-ring (bicyclic) bond motifs is 2. The summed E-state index contributed by atoms with van der Waals surface area (Å²) in [6.07, 6.45) is 2.13. The summed E-state index contributed by atoms with van der Waals surface area (Å²) in [5, 5.41) is 19.3. The normalized spacial score (nSPS) is 14.9. The van der Waals surface area contributed by atoms with Gasteiger partial charge in [0.2, 0.25) is 0 Å². The van der Waals surface area contributed by atoms with Crippen LogP contribution in [0.4, 0.5) is 5.69 Å². The minimum absolute atomic E-state index is 0.244. The van der Waals surface area contributed by atoms with Crippen molar-refractivity contribution in [2.45, 2.75) is 13.5 Å². The van der Waals surface area contributed by atoms with Crippen LogP contribution >= 0.6 is 0 Å². The number of rotatable bonds is 2. The minimum Gasteiger partial charge on any atom is -0.508 e. The summed E-state index contributed by atoms with van der Waals surface area (Å²) in [4.78, 5) is 2.12. The lowest BCUT2D eigenvalue weighted by atomic mass is 9.96. The topological polar surface area (TPSA) is 62.2 Å². The van der Waals surface area contributed by atoms with Crippen LogP contribution in [0.5, 0.6) is 23.0 Å². The summed E-state index contributed by atoms with van der Waals surface area (Å²) in [7, 11) is 0. The van der Waals surface area contributed by atoms with E-state index in [1.807, 2.05) is 31.2 Å². The van der Waals surface area contributed by atoms with Gasteiger partial charge in [-0.25, -0.2) is 0 Å². The van der Waals surface area contributed by atoms with E-state index in [2.05, 4.69) is 17.0 Å². The standard InChI is InChI=1S/C24H21NO4/c1-15-23-17(10-19(13-28-23)16-3-2-4-22(27)11-16)9-18-12-25(14-29-24(15)18)20-5-7-21(26)8-6-20/h2-11,26-27H,12-14H2,1H3. The number of anilines is 1. The predicted molar refractivity (Wildman–Crippen MR) is 112 cm³/mol. The van der Waals surface area contributed by atoms with E-state index in [1.165, 1.54) is 0 Å². The molecule has 0 saturated heterocycles. The molecule has 5 nitrogen and oxygen atoms in total. The van der Waals surface area contributed by atoms with Gasteiger partial charge in [-0.1, -0.05) is 12.1 Å². The molecule has 2 N–H and O–H groups in total. The Kier molecular flexibility index (Phi) is 4.09. The van der Waals surface area contributed by atoms with Gasteiger partial charge in [-0.15, -0.1) is 0 Å². The third kappa shape index (κ3) is 3.14. The highest BCUT2D eigenvalue weighted by molar-refractivity contribution is 5.87. The van der Waals surface area contributed by atoms with Gasteiger partial charge in [0.15, 0.2) is 6.73 Å². The number of hydrogen-bond acceptors (Lipinski definition) is 5. The van der Waals surface area contributed by atoms with E-state index in [9.17, 15) is 10.2 Å². The smallest absolute Gasteiger partial charge is 0.161 e. The summed E-state index contributed by atoms with van der Waals surface area (Å²) in [5.74, 6) is 2.23. The van der Waals surface area contributed by atoms with Crippen molar-refractivity contribution in [2.75, 3.05) is 18.2 Å². The van der Waals surface area contributed by atoms with Gasteiger partial charge in [0.25, 0.3) is 0 Å². The van der Waals surface area contributed by atoms with Gasteiger partial charge in [-0.2, -0.15) is 0 Å². The van der Waals surface area contributed by atoms with Crippen LogP contribution in [0.2, 0.25) is 0 Å². The fourth-order valence-corrected chi connectivity index (χ4v) is 3.97. The number of ether oxygens (including phenoxy) is 2. The van der Waals surface area contributed by atoms with Gasteiger partial charge in [-0.3, -0.25) is 0 Å². The molecule has 3 aromatic carbocycles. The first-order chi connectivity index (χ1) is 14.1. The first-order valence-electron chi connectivity index (χ1n) is 9.54. The summed E-state index contributed by atoms with van der Waals surface area (Å²) < 4.78 is 12.2. The average Bonchev–Trinajstić information content (AvgIpc) is 2.74. The quantitative estimate of drug-likeness (QED) is 0.668. The van der Waals surface area contributed by atoms with Crippen molar-refractivity contribution < 1.29 is 19.7 Å². The number of hydrogen-bond donors (Lipinski definition) is 2. The van der Waals surface area contributed by atoms with Crippen molar-refractivity contribution in [1.29, 1.82) is 0 Å². The fourth-order valence-electron chi connectivity index (χ4n) is 3.97. The van der Waals surface area contributed by atoms with Crippen LogP contribution in [-0.2, 0) is 6.54 Å². The van der Waals surface area contributed by atoms with Gasteiger partial charge >= 0.3 is 0 Å². The zero-order valence-electron chi connectivity index (χ0n) is 16.1. The van der Waals surface area contributed by atoms with Crippen LogP contribution in [-0.4, -0.2) is 23.6 Å². The molecule has 0 spiro atoms. The van der Waals surface area contributed by atoms with Crippen LogP contribution < -0.4 is 14.4 Å². The van der Waals surface area contributed by atoms with Crippen LogP contribution in [0.1, 0.15) is 22.3 Å². The molecule has 0 unspecified atom stereocenters. The molecule has 0 amide bonds. The van der Waals surface area contributed by atoms with Crippen molar-refractivity contribution in [1.82, 2.24) is 0 Å². The zero-order valence-corrected chi connectivity index (χ0v) is 16.1. The van der Waals surface area contributed by atoms with E-state index in [4.69, 9.17) is 9.47 Å². The van der Waals surface area contributed by atoms with Crippen LogP contribution in [0.15, 0.2) is 54.6 Å². The molecule has 5 heteroatoms. The van der Waals surface area contributed by atoms with Crippen molar-refractivity contribution in [3.63, 3.8) is 0 Å². The molecular formula is C24H21NO4. The molecule has 0 bridgehead atoms. The number of aromatic hydroxyl groups is 2. The van der Waals surface area contributed by atoms with Crippen LogP contribution in [0, 0.1) is 6.92 Å². The third-order valence-electron chi connectivity index (χ3n) is 5.42. The van der Waals surface area contributed by atoms with Gasteiger partial charge in [-0.05, 0) is 66.6 Å². The van der Waals surface area contributed by atoms with E-state index >= 15 is 0 Å². The first kappa shape index (κ1) is 17.5. The Morgan fingerprint density at radius 1 is 0.897 bits per heavy atom. The maximum absolute atomic E-state index is 9.79. The summed E-state index contributed by atoms with van der Waals surface area (Å²) >= 11 is 0. The molecule has 2 aliphatic rings. The van der Waals surface area contributed by atoms with Gasteiger partial charge in [0.05, 0.1) is 0 Å². The van der Waals surface area contributed by atoms with Crippen molar-refractivity contribution in [2.24, 2.45) is 0 Å². The Labute approximate surface area is 169 Å². The second-order valence-corrected chi connectivity index (χ2v) is 7.40. The Hall–Kier alpha value is -3.60. The lowest BCUT2D eigenvalue weighted by molar-refractivity contribution is 0.282. The minimum atomic E-state index is 0.244. The van der Waals surface area contributed by atoms with Gasteiger partial charge in [0, 0.05) is 28.9 Å². The maximum atomic E-state index is 9.79. The van der Waals surface area contributed by atoms with Gasteiger partial charge < -0.3 is 24.6 Å². The number of nitrogens with zero attached hydrogens (tertiary/aromatic N) is 1. The van der Waals surface area contributed by atoms with E-state index < -0.39 is 0 Å². The first-order valence-corrected chi connectivity index (χ1v) is 9.54. The Bertz CT molecular complexity index is 1120. The lowest BCUT2D eigenvalue weighted by Crippen LogP contribution is -2.32. The Balaban J connectivity index is 1.51. The highest BCUT2D eigenvalue weighted by Gasteiger charge is 2.25. The van der Waals surface area contributed by atoms with E-state index in [0.717, 1.165) is 45.0 Å². The molecule has 29 heavy (non-hydrogen) atoms.